The van der Waals surface area contributed by atoms with Gasteiger partial charge < -0.3 is 31.9 Å². The third-order valence-electron chi connectivity index (χ3n) is 2.23. The van der Waals surface area contributed by atoms with Crippen LogP contribution < -0.4 is 16.8 Å². The Kier molecular flexibility index (Phi) is 6.44. The van der Waals surface area contributed by atoms with Crippen LogP contribution in [0.1, 0.15) is 6.92 Å². The number of carboxylic acids is 1. The van der Waals surface area contributed by atoms with E-state index in [2.05, 4.69) is 0 Å². The lowest BCUT2D eigenvalue weighted by atomic mass is 10.2. The van der Waals surface area contributed by atoms with E-state index in [9.17, 15) is 19.0 Å². The number of nitrogens with one attached hydrogen (secondary N) is 1. The highest BCUT2D eigenvalue weighted by molar-refractivity contribution is 7.58. The normalized spacial score (nSPS) is 19.4. The Morgan fingerprint density at radius 2 is 1.89 bits per heavy atom. The number of carbonyl (C=O) groups is 2. The van der Waals surface area contributed by atoms with Crippen molar-refractivity contribution in [3.05, 3.63) is 0 Å². The fraction of sp³-hybridized carbons (Fsp3) is 0.750. The van der Waals surface area contributed by atoms with Crippen LogP contribution in [0.25, 0.3) is 0 Å². The zero-order chi connectivity index (χ0) is 14.5. The number of aliphatic carboxylic acids is 1. The van der Waals surface area contributed by atoms with Gasteiger partial charge in [0.25, 0.3) is 0 Å². The quantitative estimate of drug-likeness (QED) is 0.276. The summed E-state index contributed by atoms with van der Waals surface area (Å²) in [7, 11) is -3.89. The van der Waals surface area contributed by atoms with Gasteiger partial charge in [0, 0.05) is 0 Å². The van der Waals surface area contributed by atoms with Gasteiger partial charge in [-0.2, -0.15) is 0 Å². The second-order valence-electron chi connectivity index (χ2n) is 3.87. The molecule has 0 saturated carbocycles. The summed E-state index contributed by atoms with van der Waals surface area (Å²) < 4.78 is 11.6. The number of nitrogens with two attached hydrogens (primary N) is 2. The number of hydrogen-bond acceptors (Lipinski definition) is 6. The summed E-state index contributed by atoms with van der Waals surface area (Å²) in [6.07, 6.45) is -0.704. The van der Waals surface area contributed by atoms with Gasteiger partial charge >= 0.3 is 5.97 Å². The summed E-state index contributed by atoms with van der Waals surface area (Å²) in [6.45, 7) is 0.600. The number of aliphatic hydroxyl groups is 1. The predicted octanol–water partition coefficient (Wildman–Crippen LogP) is -2.55. The van der Waals surface area contributed by atoms with E-state index in [1.54, 1.807) is 0 Å². The second-order valence-corrected chi connectivity index (χ2v) is 6.56. The third kappa shape index (κ3) is 5.11. The lowest BCUT2D eigenvalue weighted by Crippen LogP contribution is -2.51. The average Bonchev–Trinajstić information content (AvgIpc) is 2.26. The number of carboxylic acid groups (broad SMARTS) is 1. The molecular formula is C8H18N3O6P. The van der Waals surface area contributed by atoms with Crippen molar-refractivity contribution in [3.8, 4) is 0 Å². The summed E-state index contributed by atoms with van der Waals surface area (Å²) in [5.74, 6) is -3.51. The third-order valence-corrected chi connectivity index (χ3v) is 4.39. The van der Waals surface area contributed by atoms with Gasteiger partial charge in [-0.15, -0.1) is 0 Å². The summed E-state index contributed by atoms with van der Waals surface area (Å²) in [6, 6.07) is -2.88. The molecule has 0 fully saturated rings. The SMILES string of the molecule is CC(N)P(=O)(O)CC(NC(=O)[C@H](N)CO)C(=O)O. The highest BCUT2D eigenvalue weighted by Crippen LogP contribution is 2.43. The van der Waals surface area contributed by atoms with Crippen molar-refractivity contribution in [2.24, 2.45) is 11.5 Å². The van der Waals surface area contributed by atoms with Gasteiger partial charge in [-0.1, -0.05) is 0 Å². The lowest BCUT2D eigenvalue weighted by Gasteiger charge is -2.21. The first-order valence-electron chi connectivity index (χ1n) is 5.08. The summed E-state index contributed by atoms with van der Waals surface area (Å²) >= 11 is 0. The smallest absolute Gasteiger partial charge is 0.326 e. The minimum atomic E-state index is -3.89. The second kappa shape index (κ2) is 6.81. The zero-order valence-electron chi connectivity index (χ0n) is 9.81. The molecule has 0 bridgehead atoms. The molecule has 1 amide bonds. The molecule has 0 radical (unpaired) electrons. The van der Waals surface area contributed by atoms with Crippen LogP contribution >= 0.6 is 7.37 Å². The molecule has 9 nitrogen and oxygen atoms in total. The molecule has 0 saturated heterocycles. The molecule has 0 aliphatic rings. The van der Waals surface area contributed by atoms with Crippen molar-refractivity contribution in [2.45, 2.75) is 24.8 Å². The molecule has 0 aliphatic heterocycles. The van der Waals surface area contributed by atoms with Crippen molar-refractivity contribution in [1.82, 2.24) is 5.32 Å². The standard InChI is InChI=1S/C8H18N3O6P/c1-4(9)18(16,17)3-6(8(14)15)11-7(13)5(10)2-12/h4-6,12H,2-3,9-10H2,1H3,(H,11,13)(H,14,15)(H,16,17)/t4?,5-,6?/m1/s1. The van der Waals surface area contributed by atoms with Crippen LogP contribution in [-0.4, -0.2) is 57.6 Å². The molecule has 0 aromatic heterocycles. The highest BCUT2D eigenvalue weighted by atomic mass is 31.2. The first-order valence-corrected chi connectivity index (χ1v) is 7.00. The molecule has 0 spiro atoms. The van der Waals surface area contributed by atoms with Crippen LogP contribution in [0.4, 0.5) is 0 Å². The molecule has 0 rings (SSSR count). The van der Waals surface area contributed by atoms with Gasteiger partial charge in [-0.3, -0.25) is 9.36 Å². The van der Waals surface area contributed by atoms with Gasteiger partial charge in [0.15, 0.2) is 0 Å². The molecule has 0 aromatic rings. The summed E-state index contributed by atoms with van der Waals surface area (Å²) in [5, 5.41) is 19.4. The van der Waals surface area contributed by atoms with E-state index in [0.717, 1.165) is 0 Å². The Labute approximate surface area is 104 Å². The van der Waals surface area contributed by atoms with Crippen LogP contribution in [0.15, 0.2) is 0 Å². The zero-order valence-corrected chi connectivity index (χ0v) is 10.7. The molecule has 3 unspecified atom stereocenters. The van der Waals surface area contributed by atoms with Crippen LogP contribution in [0.2, 0.25) is 0 Å². The number of carbonyl (C=O) groups excluding carboxylic acids is 1. The first kappa shape index (κ1) is 17.0. The van der Waals surface area contributed by atoms with Crippen LogP contribution in [0, 0.1) is 0 Å². The van der Waals surface area contributed by atoms with Crippen LogP contribution in [0.5, 0.6) is 0 Å². The fourth-order valence-corrected chi connectivity index (χ4v) is 2.08. The Bertz CT molecular complexity index is 361. The van der Waals surface area contributed by atoms with Crippen molar-refractivity contribution in [2.75, 3.05) is 12.8 Å². The van der Waals surface area contributed by atoms with Crippen molar-refractivity contribution >= 4 is 19.2 Å². The Morgan fingerprint density at radius 1 is 1.39 bits per heavy atom. The van der Waals surface area contributed by atoms with E-state index in [-0.39, 0.29) is 0 Å². The van der Waals surface area contributed by atoms with Gasteiger partial charge in [-0.05, 0) is 6.92 Å². The largest absolute Gasteiger partial charge is 0.480 e. The minimum absolute atomic E-state index is 0.664. The summed E-state index contributed by atoms with van der Waals surface area (Å²) in [4.78, 5) is 31.6. The maximum atomic E-state index is 11.6. The van der Waals surface area contributed by atoms with Gasteiger partial charge in [0.1, 0.15) is 12.1 Å². The van der Waals surface area contributed by atoms with Crippen molar-refractivity contribution in [3.63, 3.8) is 0 Å². The lowest BCUT2D eigenvalue weighted by molar-refractivity contribution is -0.141. The van der Waals surface area contributed by atoms with Gasteiger partial charge in [0.2, 0.25) is 13.3 Å². The number of amides is 1. The summed E-state index contributed by atoms with van der Waals surface area (Å²) in [5.41, 5.74) is 10.4. The van der Waals surface area contributed by atoms with E-state index in [1.807, 2.05) is 5.32 Å². The first-order chi connectivity index (χ1) is 8.11. The number of aliphatic hydroxyl groups excluding tert-OH is 1. The Hall–Kier alpha value is -0.990. The monoisotopic (exact) mass is 283 g/mol. The molecule has 18 heavy (non-hydrogen) atoms. The van der Waals surface area contributed by atoms with Crippen LogP contribution in [0.3, 0.4) is 0 Å². The van der Waals surface area contributed by atoms with Gasteiger partial charge in [-0.25, -0.2) is 4.79 Å². The minimum Gasteiger partial charge on any atom is -0.480 e. The maximum Gasteiger partial charge on any atom is 0.326 e. The number of hydrogen-bond donors (Lipinski definition) is 6. The molecule has 10 heteroatoms. The van der Waals surface area contributed by atoms with Crippen molar-refractivity contribution < 1.29 is 29.3 Å². The molecule has 0 aromatic carbocycles. The number of rotatable bonds is 7. The fourth-order valence-electron chi connectivity index (χ4n) is 0.975. The Balaban J connectivity index is 4.75. The maximum absolute atomic E-state index is 11.6. The average molecular weight is 283 g/mol. The molecule has 8 N–H and O–H groups in total. The topological polar surface area (TPSA) is 176 Å². The van der Waals surface area contributed by atoms with E-state index >= 15 is 0 Å². The molecule has 106 valence electrons. The van der Waals surface area contributed by atoms with E-state index in [0.29, 0.717) is 0 Å². The Morgan fingerprint density at radius 3 is 2.22 bits per heavy atom. The molecule has 0 heterocycles. The van der Waals surface area contributed by atoms with E-state index < -0.39 is 49.9 Å². The van der Waals surface area contributed by atoms with Gasteiger partial charge in [0.05, 0.1) is 18.6 Å². The molecular weight excluding hydrogens is 265 g/mol. The van der Waals surface area contributed by atoms with E-state index in [4.69, 9.17) is 21.7 Å². The highest BCUT2D eigenvalue weighted by Gasteiger charge is 2.33. The molecule has 4 atom stereocenters. The van der Waals surface area contributed by atoms with E-state index in [1.165, 1.54) is 6.92 Å². The predicted molar refractivity (Wildman–Crippen MR) is 63.0 cm³/mol. The molecule has 0 aliphatic carbocycles. The van der Waals surface area contributed by atoms with Crippen LogP contribution in [-0.2, 0) is 14.2 Å². The van der Waals surface area contributed by atoms with Crippen molar-refractivity contribution in [1.29, 1.82) is 0 Å².